The van der Waals surface area contributed by atoms with Crippen LogP contribution in [0.5, 0.6) is 5.75 Å². The lowest BCUT2D eigenvalue weighted by molar-refractivity contribution is -0.138. The molecule has 0 radical (unpaired) electrons. The zero-order valence-corrected chi connectivity index (χ0v) is 11.9. The number of nitrogens with zero attached hydrogens (tertiary/aromatic N) is 1. The zero-order chi connectivity index (χ0) is 15.0. The van der Waals surface area contributed by atoms with Crippen LogP contribution >= 0.6 is 11.6 Å². The van der Waals surface area contributed by atoms with Crippen LogP contribution in [0.25, 0.3) is 0 Å². The van der Waals surface area contributed by atoms with E-state index in [4.69, 9.17) is 11.6 Å². The SMILES string of the molecule is O=C(O)C1Cc2cc(O)ccc2N1Cc1ccc(Cl)cc1. The molecule has 3 rings (SSSR count). The van der Waals surface area contributed by atoms with Crippen LogP contribution in [-0.2, 0) is 17.8 Å². The van der Waals surface area contributed by atoms with Crippen LogP contribution in [0.2, 0.25) is 5.02 Å². The molecular formula is C16H14ClNO3. The molecule has 0 aliphatic carbocycles. The summed E-state index contributed by atoms with van der Waals surface area (Å²) in [5.74, 6) is -0.703. The van der Waals surface area contributed by atoms with Gasteiger partial charge in [0.2, 0.25) is 0 Å². The molecule has 21 heavy (non-hydrogen) atoms. The number of carboxylic acids is 1. The highest BCUT2D eigenvalue weighted by molar-refractivity contribution is 6.30. The van der Waals surface area contributed by atoms with Crippen molar-refractivity contribution < 1.29 is 15.0 Å². The lowest BCUT2D eigenvalue weighted by Gasteiger charge is -2.24. The molecule has 0 fully saturated rings. The molecule has 2 aromatic carbocycles. The third-order valence-corrected chi connectivity index (χ3v) is 3.97. The van der Waals surface area contributed by atoms with E-state index in [1.165, 1.54) is 0 Å². The van der Waals surface area contributed by atoms with E-state index in [-0.39, 0.29) is 5.75 Å². The predicted octanol–water partition coefficient (Wildman–Crippen LogP) is 3.06. The first-order valence-corrected chi connectivity index (χ1v) is 6.98. The van der Waals surface area contributed by atoms with Crippen LogP contribution in [-0.4, -0.2) is 22.2 Å². The van der Waals surface area contributed by atoms with Crippen molar-refractivity contribution in [3.05, 3.63) is 58.6 Å². The molecule has 2 aromatic rings. The average Bonchev–Trinajstić information content (AvgIpc) is 2.79. The van der Waals surface area contributed by atoms with Crippen LogP contribution in [0.4, 0.5) is 5.69 Å². The Labute approximate surface area is 127 Å². The maximum Gasteiger partial charge on any atom is 0.326 e. The Morgan fingerprint density at radius 3 is 2.62 bits per heavy atom. The smallest absolute Gasteiger partial charge is 0.326 e. The van der Waals surface area contributed by atoms with Crippen LogP contribution < -0.4 is 4.90 Å². The van der Waals surface area contributed by atoms with Crippen LogP contribution in [0.3, 0.4) is 0 Å². The fraction of sp³-hybridized carbons (Fsp3) is 0.188. The summed E-state index contributed by atoms with van der Waals surface area (Å²) in [6.07, 6.45) is 0.395. The van der Waals surface area contributed by atoms with E-state index in [1.807, 2.05) is 17.0 Å². The lowest BCUT2D eigenvalue weighted by atomic mass is 10.1. The monoisotopic (exact) mass is 303 g/mol. The van der Waals surface area contributed by atoms with Crippen molar-refractivity contribution in [1.29, 1.82) is 0 Å². The minimum atomic E-state index is -0.861. The Kier molecular flexibility index (Phi) is 3.47. The minimum Gasteiger partial charge on any atom is -0.508 e. The van der Waals surface area contributed by atoms with Gasteiger partial charge >= 0.3 is 5.97 Å². The number of phenolic OH excluding ortho intramolecular Hbond substituents is 1. The van der Waals surface area contributed by atoms with E-state index in [2.05, 4.69) is 0 Å². The van der Waals surface area contributed by atoms with Gasteiger partial charge in [0.25, 0.3) is 0 Å². The Morgan fingerprint density at radius 2 is 1.95 bits per heavy atom. The van der Waals surface area contributed by atoms with Gasteiger partial charge < -0.3 is 15.1 Å². The minimum absolute atomic E-state index is 0.159. The van der Waals surface area contributed by atoms with Gasteiger partial charge in [-0.1, -0.05) is 23.7 Å². The van der Waals surface area contributed by atoms with Crippen molar-refractivity contribution >= 4 is 23.3 Å². The highest BCUT2D eigenvalue weighted by Gasteiger charge is 2.34. The molecule has 1 atom stereocenters. The number of aliphatic carboxylic acids is 1. The first-order valence-electron chi connectivity index (χ1n) is 6.60. The summed E-state index contributed by atoms with van der Waals surface area (Å²) in [4.78, 5) is 13.3. The van der Waals surface area contributed by atoms with E-state index < -0.39 is 12.0 Å². The summed E-state index contributed by atoms with van der Waals surface area (Å²) in [6, 6.07) is 11.7. The molecule has 0 amide bonds. The molecule has 108 valence electrons. The van der Waals surface area contributed by atoms with Gasteiger partial charge in [0, 0.05) is 23.7 Å². The highest BCUT2D eigenvalue weighted by atomic mass is 35.5. The number of carbonyl (C=O) groups is 1. The lowest BCUT2D eigenvalue weighted by Crippen LogP contribution is -2.38. The van der Waals surface area contributed by atoms with Gasteiger partial charge in [-0.2, -0.15) is 0 Å². The normalized spacial score (nSPS) is 16.8. The molecule has 1 unspecified atom stereocenters. The van der Waals surface area contributed by atoms with Crippen molar-refractivity contribution in [1.82, 2.24) is 0 Å². The van der Waals surface area contributed by atoms with Crippen LogP contribution in [0, 0.1) is 0 Å². The van der Waals surface area contributed by atoms with Crippen LogP contribution in [0.15, 0.2) is 42.5 Å². The number of benzene rings is 2. The molecule has 2 N–H and O–H groups in total. The van der Waals surface area contributed by atoms with E-state index in [1.54, 1.807) is 30.3 Å². The molecule has 0 aromatic heterocycles. The number of carboxylic acid groups (broad SMARTS) is 1. The molecule has 0 saturated carbocycles. The van der Waals surface area contributed by atoms with Gasteiger partial charge in [-0.15, -0.1) is 0 Å². The molecule has 1 aliphatic heterocycles. The molecule has 5 heteroatoms. The number of hydrogen-bond donors (Lipinski definition) is 2. The van der Waals surface area contributed by atoms with Gasteiger partial charge in [-0.25, -0.2) is 4.79 Å². The summed E-state index contributed by atoms with van der Waals surface area (Å²) < 4.78 is 0. The quantitative estimate of drug-likeness (QED) is 0.915. The summed E-state index contributed by atoms with van der Waals surface area (Å²) in [5, 5.41) is 19.6. The van der Waals surface area contributed by atoms with Crippen molar-refractivity contribution in [3.8, 4) is 5.75 Å². The summed E-state index contributed by atoms with van der Waals surface area (Å²) in [7, 11) is 0. The fourth-order valence-electron chi connectivity index (χ4n) is 2.70. The predicted molar refractivity (Wildman–Crippen MR) is 80.9 cm³/mol. The molecule has 1 heterocycles. The zero-order valence-electron chi connectivity index (χ0n) is 11.2. The second-order valence-corrected chi connectivity index (χ2v) is 5.56. The Morgan fingerprint density at radius 1 is 1.24 bits per heavy atom. The van der Waals surface area contributed by atoms with Crippen molar-refractivity contribution in [2.24, 2.45) is 0 Å². The van der Waals surface area contributed by atoms with Gasteiger partial charge in [-0.05, 0) is 41.5 Å². The van der Waals surface area contributed by atoms with Gasteiger partial charge in [0.15, 0.2) is 0 Å². The second-order valence-electron chi connectivity index (χ2n) is 5.13. The van der Waals surface area contributed by atoms with E-state index in [9.17, 15) is 15.0 Å². The molecule has 0 bridgehead atoms. The van der Waals surface area contributed by atoms with E-state index in [0.29, 0.717) is 18.0 Å². The van der Waals surface area contributed by atoms with Crippen molar-refractivity contribution in [2.45, 2.75) is 19.0 Å². The Hall–Kier alpha value is -2.20. The second kappa shape index (κ2) is 5.30. The Bertz CT molecular complexity index is 684. The largest absolute Gasteiger partial charge is 0.508 e. The standard InChI is InChI=1S/C16H14ClNO3/c17-12-3-1-10(2-4-12)9-18-14-6-5-13(19)7-11(14)8-15(18)16(20)21/h1-7,15,19H,8-9H2,(H,20,21). The third-order valence-electron chi connectivity index (χ3n) is 3.71. The summed E-state index contributed by atoms with van der Waals surface area (Å²) in [6.45, 7) is 0.492. The number of rotatable bonds is 3. The maximum absolute atomic E-state index is 11.5. The fourth-order valence-corrected chi connectivity index (χ4v) is 2.83. The Balaban J connectivity index is 1.94. The summed E-state index contributed by atoms with van der Waals surface area (Å²) >= 11 is 5.87. The molecule has 0 spiro atoms. The third kappa shape index (κ3) is 2.67. The number of anilines is 1. The molecule has 1 aliphatic rings. The van der Waals surface area contributed by atoms with E-state index >= 15 is 0 Å². The number of hydrogen-bond acceptors (Lipinski definition) is 3. The van der Waals surface area contributed by atoms with Crippen molar-refractivity contribution in [3.63, 3.8) is 0 Å². The average molecular weight is 304 g/mol. The maximum atomic E-state index is 11.5. The highest BCUT2D eigenvalue weighted by Crippen LogP contribution is 2.35. The summed E-state index contributed by atoms with van der Waals surface area (Å²) in [5.41, 5.74) is 2.71. The number of aromatic hydroxyl groups is 1. The van der Waals surface area contributed by atoms with Crippen LogP contribution in [0.1, 0.15) is 11.1 Å². The molecular weight excluding hydrogens is 290 g/mol. The molecule has 4 nitrogen and oxygen atoms in total. The van der Waals surface area contributed by atoms with Crippen molar-refractivity contribution in [2.75, 3.05) is 4.90 Å². The number of phenols is 1. The van der Waals surface area contributed by atoms with Gasteiger partial charge in [0.05, 0.1) is 0 Å². The van der Waals surface area contributed by atoms with Gasteiger partial charge in [-0.3, -0.25) is 0 Å². The molecule has 0 saturated heterocycles. The number of halogens is 1. The van der Waals surface area contributed by atoms with Gasteiger partial charge in [0.1, 0.15) is 11.8 Å². The topological polar surface area (TPSA) is 60.8 Å². The first kappa shape index (κ1) is 13.8. The first-order chi connectivity index (χ1) is 10.0. The van der Waals surface area contributed by atoms with E-state index in [0.717, 1.165) is 16.8 Å². The number of fused-ring (bicyclic) bond motifs is 1.